The molecule has 2 rings (SSSR count). The minimum atomic E-state index is 0.672. The lowest BCUT2D eigenvalue weighted by atomic mass is 10.1. The highest BCUT2D eigenvalue weighted by molar-refractivity contribution is 6.31. The first-order valence-electron chi connectivity index (χ1n) is 8.01. The summed E-state index contributed by atoms with van der Waals surface area (Å²) >= 11 is 6.45. The smallest absolute Gasteiger partial charge is 0.0587 e. The molecule has 0 radical (unpaired) electrons. The lowest BCUT2D eigenvalue weighted by Crippen LogP contribution is -2.34. The maximum absolute atomic E-state index is 6.45. The van der Waals surface area contributed by atoms with E-state index in [4.69, 9.17) is 16.3 Å². The Labute approximate surface area is 133 Å². The van der Waals surface area contributed by atoms with E-state index in [0.29, 0.717) is 6.04 Å². The van der Waals surface area contributed by atoms with E-state index >= 15 is 0 Å². The third-order valence-corrected chi connectivity index (χ3v) is 4.65. The van der Waals surface area contributed by atoms with Gasteiger partial charge in [-0.2, -0.15) is 0 Å². The van der Waals surface area contributed by atoms with Crippen LogP contribution in [0.5, 0.6) is 0 Å². The van der Waals surface area contributed by atoms with Gasteiger partial charge in [0.25, 0.3) is 0 Å². The van der Waals surface area contributed by atoms with E-state index in [0.717, 1.165) is 31.3 Å². The van der Waals surface area contributed by atoms with E-state index in [1.54, 1.807) is 7.11 Å². The van der Waals surface area contributed by atoms with Crippen molar-refractivity contribution in [3.05, 3.63) is 28.8 Å². The van der Waals surface area contributed by atoms with Crippen LogP contribution >= 0.6 is 11.6 Å². The lowest BCUT2D eigenvalue weighted by Gasteiger charge is -2.32. The van der Waals surface area contributed by atoms with Crippen LogP contribution in [0, 0.1) is 0 Å². The highest BCUT2D eigenvalue weighted by Gasteiger charge is 2.23. The van der Waals surface area contributed by atoms with Gasteiger partial charge in [-0.15, -0.1) is 0 Å². The molecule has 118 valence electrons. The van der Waals surface area contributed by atoms with Gasteiger partial charge in [0.2, 0.25) is 0 Å². The van der Waals surface area contributed by atoms with E-state index in [2.05, 4.69) is 29.3 Å². The third kappa shape index (κ3) is 4.35. The second kappa shape index (κ2) is 8.62. The van der Waals surface area contributed by atoms with Crippen LogP contribution in [0.1, 0.15) is 38.2 Å². The lowest BCUT2D eigenvalue weighted by molar-refractivity contribution is 0.199. The molecule has 0 amide bonds. The number of hydrogen-bond acceptors (Lipinski definition) is 3. The van der Waals surface area contributed by atoms with Crippen LogP contribution in [0.2, 0.25) is 5.02 Å². The standard InChI is InChI=1S/C17H27ClN2O/c1-3-20(14-7-4-5-8-14)17-10-6-9-16(18)15(17)13-19-11-12-21-2/h6,9-10,14,19H,3-5,7-8,11-13H2,1-2H3. The van der Waals surface area contributed by atoms with Crippen LogP contribution in [0.25, 0.3) is 0 Å². The summed E-state index contributed by atoms with van der Waals surface area (Å²) < 4.78 is 5.08. The SMILES string of the molecule is CCN(c1cccc(Cl)c1CNCCOC)C1CCCC1. The van der Waals surface area contributed by atoms with Gasteiger partial charge < -0.3 is 15.0 Å². The van der Waals surface area contributed by atoms with Crippen molar-refractivity contribution in [3.63, 3.8) is 0 Å². The van der Waals surface area contributed by atoms with Crippen molar-refractivity contribution in [2.45, 2.75) is 45.2 Å². The van der Waals surface area contributed by atoms with Crippen LogP contribution in [0.4, 0.5) is 5.69 Å². The van der Waals surface area contributed by atoms with Gasteiger partial charge >= 0.3 is 0 Å². The number of hydrogen-bond donors (Lipinski definition) is 1. The molecular weight excluding hydrogens is 284 g/mol. The van der Waals surface area contributed by atoms with Crippen molar-refractivity contribution in [1.82, 2.24) is 5.32 Å². The summed E-state index contributed by atoms with van der Waals surface area (Å²) in [6.45, 7) is 5.63. The molecule has 1 saturated carbocycles. The highest BCUT2D eigenvalue weighted by Crippen LogP contribution is 2.33. The summed E-state index contributed by atoms with van der Waals surface area (Å²) in [5.41, 5.74) is 2.51. The summed E-state index contributed by atoms with van der Waals surface area (Å²) in [6.07, 6.45) is 5.31. The molecule has 0 heterocycles. The van der Waals surface area contributed by atoms with Gasteiger partial charge in [-0.05, 0) is 31.9 Å². The normalized spacial score (nSPS) is 15.6. The van der Waals surface area contributed by atoms with Crippen LogP contribution < -0.4 is 10.2 Å². The molecule has 4 heteroatoms. The Morgan fingerprint density at radius 1 is 1.33 bits per heavy atom. The zero-order chi connectivity index (χ0) is 15.1. The molecule has 0 atom stereocenters. The quantitative estimate of drug-likeness (QED) is 0.738. The number of anilines is 1. The molecule has 0 unspecified atom stereocenters. The Morgan fingerprint density at radius 2 is 2.10 bits per heavy atom. The first-order valence-corrected chi connectivity index (χ1v) is 8.39. The Hall–Kier alpha value is -0.770. The van der Waals surface area contributed by atoms with E-state index in [9.17, 15) is 0 Å². The van der Waals surface area contributed by atoms with Crippen LogP contribution in [0.15, 0.2) is 18.2 Å². The Morgan fingerprint density at radius 3 is 2.76 bits per heavy atom. The van der Waals surface area contributed by atoms with E-state index in [1.165, 1.54) is 36.9 Å². The van der Waals surface area contributed by atoms with Gasteiger partial charge in [0.05, 0.1) is 6.61 Å². The van der Waals surface area contributed by atoms with Gasteiger partial charge in [0, 0.05) is 49.1 Å². The van der Waals surface area contributed by atoms with E-state index < -0.39 is 0 Å². The molecule has 1 aromatic carbocycles. The summed E-state index contributed by atoms with van der Waals surface area (Å²) in [4.78, 5) is 2.53. The topological polar surface area (TPSA) is 24.5 Å². The number of rotatable bonds is 8. The summed E-state index contributed by atoms with van der Waals surface area (Å²) in [5.74, 6) is 0. The third-order valence-electron chi connectivity index (χ3n) is 4.29. The molecule has 1 aromatic rings. The average Bonchev–Trinajstić information content (AvgIpc) is 3.00. The molecule has 1 N–H and O–H groups in total. The van der Waals surface area contributed by atoms with Crippen molar-refractivity contribution in [3.8, 4) is 0 Å². The molecule has 0 bridgehead atoms. The molecule has 1 aliphatic rings. The number of methoxy groups -OCH3 is 1. The fraction of sp³-hybridized carbons (Fsp3) is 0.647. The monoisotopic (exact) mass is 310 g/mol. The molecule has 21 heavy (non-hydrogen) atoms. The minimum Gasteiger partial charge on any atom is -0.383 e. The van der Waals surface area contributed by atoms with Crippen molar-refractivity contribution >= 4 is 17.3 Å². The highest BCUT2D eigenvalue weighted by atomic mass is 35.5. The fourth-order valence-electron chi connectivity index (χ4n) is 3.22. The van der Waals surface area contributed by atoms with Crippen LogP contribution in [-0.2, 0) is 11.3 Å². The molecule has 1 aliphatic carbocycles. The predicted octanol–water partition coefficient (Wildman–Crippen LogP) is 3.84. The molecule has 3 nitrogen and oxygen atoms in total. The maximum Gasteiger partial charge on any atom is 0.0587 e. The Kier molecular flexibility index (Phi) is 6.81. The molecule has 0 aliphatic heterocycles. The Balaban J connectivity index is 2.14. The number of nitrogens with one attached hydrogen (secondary N) is 1. The first-order chi connectivity index (χ1) is 10.3. The number of benzene rings is 1. The zero-order valence-electron chi connectivity index (χ0n) is 13.2. The van der Waals surface area contributed by atoms with Crippen molar-refractivity contribution in [2.75, 3.05) is 31.7 Å². The van der Waals surface area contributed by atoms with E-state index in [-0.39, 0.29) is 0 Å². The molecule has 1 fully saturated rings. The number of ether oxygens (including phenoxy) is 1. The largest absolute Gasteiger partial charge is 0.383 e. The number of halogens is 1. The van der Waals surface area contributed by atoms with Gasteiger partial charge in [0.15, 0.2) is 0 Å². The van der Waals surface area contributed by atoms with Gasteiger partial charge in [0.1, 0.15) is 0 Å². The van der Waals surface area contributed by atoms with Crippen molar-refractivity contribution < 1.29 is 4.74 Å². The maximum atomic E-state index is 6.45. The predicted molar refractivity (Wildman–Crippen MR) is 90.3 cm³/mol. The summed E-state index contributed by atoms with van der Waals surface area (Å²) in [7, 11) is 1.72. The molecule has 0 aromatic heterocycles. The van der Waals surface area contributed by atoms with Crippen molar-refractivity contribution in [2.24, 2.45) is 0 Å². The fourth-order valence-corrected chi connectivity index (χ4v) is 3.46. The van der Waals surface area contributed by atoms with Crippen LogP contribution in [-0.4, -0.2) is 32.8 Å². The first kappa shape index (κ1) is 16.6. The Bertz CT molecular complexity index is 433. The van der Waals surface area contributed by atoms with E-state index in [1.807, 2.05) is 6.07 Å². The molecule has 0 saturated heterocycles. The zero-order valence-corrected chi connectivity index (χ0v) is 14.0. The second-order valence-electron chi connectivity index (χ2n) is 5.63. The van der Waals surface area contributed by atoms with Gasteiger partial charge in [-0.1, -0.05) is 30.5 Å². The van der Waals surface area contributed by atoms with Crippen LogP contribution in [0.3, 0.4) is 0 Å². The van der Waals surface area contributed by atoms with Crippen molar-refractivity contribution in [1.29, 1.82) is 0 Å². The number of nitrogens with zero attached hydrogens (tertiary/aromatic N) is 1. The minimum absolute atomic E-state index is 0.672. The molecule has 0 spiro atoms. The van der Waals surface area contributed by atoms with Gasteiger partial charge in [-0.25, -0.2) is 0 Å². The molecular formula is C17H27ClN2O. The summed E-state index contributed by atoms with van der Waals surface area (Å²) in [5, 5.41) is 4.27. The second-order valence-corrected chi connectivity index (χ2v) is 6.04. The average molecular weight is 311 g/mol. The van der Waals surface area contributed by atoms with Gasteiger partial charge in [-0.3, -0.25) is 0 Å². The summed E-state index contributed by atoms with van der Waals surface area (Å²) in [6, 6.07) is 6.93.